The van der Waals surface area contributed by atoms with Gasteiger partial charge in [-0.2, -0.15) is 0 Å². The van der Waals surface area contributed by atoms with Gasteiger partial charge in [0.2, 0.25) is 5.95 Å². The van der Waals surface area contributed by atoms with Gasteiger partial charge in [0.15, 0.2) is 0 Å². The normalized spacial score (nSPS) is 10.7. The molecule has 0 radical (unpaired) electrons. The number of rotatable bonds is 5. The molecule has 0 aliphatic carbocycles. The zero-order valence-corrected chi connectivity index (χ0v) is 9.96. The van der Waals surface area contributed by atoms with Gasteiger partial charge < -0.3 is 10.6 Å². The van der Waals surface area contributed by atoms with Crippen LogP contribution in [-0.2, 0) is 6.54 Å². The van der Waals surface area contributed by atoms with Crippen LogP contribution in [0.2, 0.25) is 0 Å². The molecule has 4 heteroatoms. The molecule has 1 aromatic rings. The monoisotopic (exact) mass is 208 g/mol. The highest BCUT2D eigenvalue weighted by Gasteiger charge is 2.02. The summed E-state index contributed by atoms with van der Waals surface area (Å²) >= 11 is 0. The van der Waals surface area contributed by atoms with Crippen LogP contribution in [0.3, 0.4) is 0 Å². The number of anilines is 1. The summed E-state index contributed by atoms with van der Waals surface area (Å²) in [7, 11) is 1.82. The van der Waals surface area contributed by atoms with Crippen molar-refractivity contribution >= 4 is 5.95 Å². The molecule has 0 saturated heterocycles. The minimum atomic E-state index is 0.669. The third kappa shape index (κ3) is 3.83. The van der Waals surface area contributed by atoms with Gasteiger partial charge in [0.1, 0.15) is 0 Å². The summed E-state index contributed by atoms with van der Waals surface area (Å²) in [5, 5.41) is 6.31. The fourth-order valence-electron chi connectivity index (χ4n) is 1.28. The van der Waals surface area contributed by atoms with E-state index in [2.05, 4.69) is 34.4 Å². The first-order chi connectivity index (χ1) is 7.13. The number of hydrogen-bond donors (Lipinski definition) is 2. The van der Waals surface area contributed by atoms with Crippen LogP contribution >= 0.6 is 0 Å². The first-order valence-electron chi connectivity index (χ1n) is 5.34. The number of nitrogens with one attached hydrogen (secondary N) is 2. The van der Waals surface area contributed by atoms with Crippen LogP contribution in [0.25, 0.3) is 0 Å². The Bertz CT molecular complexity index is 309. The Morgan fingerprint density at radius 1 is 1.40 bits per heavy atom. The fraction of sp³-hybridized carbons (Fsp3) is 0.636. The SMILES string of the molecule is CNc1ncc(CNCC(C)C)c(C)n1. The van der Waals surface area contributed by atoms with Gasteiger partial charge in [-0.15, -0.1) is 0 Å². The van der Waals surface area contributed by atoms with Crippen LogP contribution in [0.5, 0.6) is 0 Å². The van der Waals surface area contributed by atoms with Gasteiger partial charge in [-0.05, 0) is 19.4 Å². The molecule has 15 heavy (non-hydrogen) atoms. The molecular weight excluding hydrogens is 188 g/mol. The summed E-state index contributed by atoms with van der Waals surface area (Å²) in [4.78, 5) is 8.52. The molecule has 0 amide bonds. The lowest BCUT2D eigenvalue weighted by Crippen LogP contribution is -2.20. The Morgan fingerprint density at radius 2 is 2.13 bits per heavy atom. The van der Waals surface area contributed by atoms with Crippen molar-refractivity contribution in [1.29, 1.82) is 0 Å². The Morgan fingerprint density at radius 3 is 2.67 bits per heavy atom. The number of aryl methyl sites for hydroxylation is 1. The van der Waals surface area contributed by atoms with E-state index in [1.807, 2.05) is 20.2 Å². The fourth-order valence-corrected chi connectivity index (χ4v) is 1.28. The minimum absolute atomic E-state index is 0.669. The second kappa shape index (κ2) is 5.66. The molecule has 0 aromatic carbocycles. The van der Waals surface area contributed by atoms with E-state index in [9.17, 15) is 0 Å². The molecule has 0 aliphatic rings. The summed E-state index contributed by atoms with van der Waals surface area (Å²) in [6.07, 6.45) is 1.88. The van der Waals surface area contributed by atoms with Gasteiger partial charge in [-0.3, -0.25) is 0 Å². The molecule has 0 atom stereocenters. The van der Waals surface area contributed by atoms with Gasteiger partial charge in [0.25, 0.3) is 0 Å². The van der Waals surface area contributed by atoms with Crippen molar-refractivity contribution in [1.82, 2.24) is 15.3 Å². The maximum Gasteiger partial charge on any atom is 0.222 e. The van der Waals surface area contributed by atoms with E-state index >= 15 is 0 Å². The van der Waals surface area contributed by atoms with Crippen molar-refractivity contribution < 1.29 is 0 Å². The van der Waals surface area contributed by atoms with E-state index in [1.54, 1.807) is 0 Å². The topological polar surface area (TPSA) is 49.8 Å². The molecule has 0 bridgehead atoms. The van der Waals surface area contributed by atoms with Crippen LogP contribution in [-0.4, -0.2) is 23.6 Å². The standard InChI is InChI=1S/C11H20N4/c1-8(2)5-13-6-10-7-14-11(12-4)15-9(10)3/h7-8,13H,5-6H2,1-4H3,(H,12,14,15). The van der Waals surface area contributed by atoms with Crippen LogP contribution < -0.4 is 10.6 Å². The van der Waals surface area contributed by atoms with E-state index < -0.39 is 0 Å². The Labute approximate surface area is 91.5 Å². The van der Waals surface area contributed by atoms with Crippen molar-refractivity contribution in [2.75, 3.05) is 18.9 Å². The van der Waals surface area contributed by atoms with Crippen molar-refractivity contribution in [3.8, 4) is 0 Å². The third-order valence-electron chi connectivity index (χ3n) is 2.17. The molecule has 4 nitrogen and oxygen atoms in total. The minimum Gasteiger partial charge on any atom is -0.357 e. The molecule has 1 rings (SSSR count). The van der Waals surface area contributed by atoms with Crippen molar-refractivity contribution in [3.63, 3.8) is 0 Å². The predicted molar refractivity (Wildman–Crippen MR) is 62.9 cm³/mol. The second-order valence-corrected chi connectivity index (χ2v) is 4.08. The van der Waals surface area contributed by atoms with E-state index in [0.29, 0.717) is 11.9 Å². The van der Waals surface area contributed by atoms with Crippen molar-refractivity contribution in [3.05, 3.63) is 17.5 Å². The highest BCUT2D eigenvalue weighted by Crippen LogP contribution is 2.06. The Kier molecular flexibility index (Phi) is 4.49. The Hall–Kier alpha value is -1.16. The largest absolute Gasteiger partial charge is 0.357 e. The van der Waals surface area contributed by atoms with E-state index in [-0.39, 0.29) is 0 Å². The third-order valence-corrected chi connectivity index (χ3v) is 2.17. The molecule has 0 fully saturated rings. The molecule has 0 spiro atoms. The average Bonchev–Trinajstić information content (AvgIpc) is 2.20. The first-order valence-corrected chi connectivity index (χ1v) is 5.34. The van der Waals surface area contributed by atoms with Crippen LogP contribution in [0.1, 0.15) is 25.1 Å². The smallest absolute Gasteiger partial charge is 0.222 e. The van der Waals surface area contributed by atoms with Gasteiger partial charge in [-0.25, -0.2) is 9.97 Å². The highest BCUT2D eigenvalue weighted by atomic mass is 15.1. The maximum atomic E-state index is 4.33. The zero-order chi connectivity index (χ0) is 11.3. The average molecular weight is 208 g/mol. The molecular formula is C11H20N4. The number of aromatic nitrogens is 2. The van der Waals surface area contributed by atoms with Crippen molar-refractivity contribution in [2.24, 2.45) is 5.92 Å². The van der Waals surface area contributed by atoms with Gasteiger partial charge in [-0.1, -0.05) is 13.8 Å². The van der Waals surface area contributed by atoms with E-state index in [4.69, 9.17) is 0 Å². The summed E-state index contributed by atoms with van der Waals surface area (Å²) < 4.78 is 0. The molecule has 84 valence electrons. The lowest BCUT2D eigenvalue weighted by molar-refractivity contribution is 0.550. The van der Waals surface area contributed by atoms with E-state index in [1.165, 1.54) is 0 Å². The number of nitrogens with zero attached hydrogens (tertiary/aromatic N) is 2. The predicted octanol–water partition coefficient (Wildman–Crippen LogP) is 1.57. The molecule has 1 heterocycles. The van der Waals surface area contributed by atoms with Gasteiger partial charge in [0, 0.05) is 31.0 Å². The van der Waals surface area contributed by atoms with Crippen LogP contribution in [0.4, 0.5) is 5.95 Å². The summed E-state index contributed by atoms with van der Waals surface area (Å²) in [5.74, 6) is 1.35. The molecule has 0 aliphatic heterocycles. The number of hydrogen-bond acceptors (Lipinski definition) is 4. The maximum absolute atomic E-state index is 4.33. The van der Waals surface area contributed by atoms with Gasteiger partial charge in [0.05, 0.1) is 0 Å². The summed E-state index contributed by atoms with van der Waals surface area (Å²) in [6, 6.07) is 0. The molecule has 1 aromatic heterocycles. The summed E-state index contributed by atoms with van der Waals surface area (Å²) in [5.41, 5.74) is 2.19. The van der Waals surface area contributed by atoms with Crippen LogP contribution in [0.15, 0.2) is 6.20 Å². The molecule has 2 N–H and O–H groups in total. The zero-order valence-electron chi connectivity index (χ0n) is 9.96. The quantitative estimate of drug-likeness (QED) is 0.771. The van der Waals surface area contributed by atoms with E-state index in [0.717, 1.165) is 24.3 Å². The lowest BCUT2D eigenvalue weighted by atomic mass is 10.2. The van der Waals surface area contributed by atoms with Crippen LogP contribution in [0, 0.1) is 12.8 Å². The lowest BCUT2D eigenvalue weighted by Gasteiger charge is -2.09. The van der Waals surface area contributed by atoms with Crippen molar-refractivity contribution in [2.45, 2.75) is 27.3 Å². The second-order valence-electron chi connectivity index (χ2n) is 4.08. The highest BCUT2D eigenvalue weighted by molar-refractivity contribution is 5.27. The molecule has 0 unspecified atom stereocenters. The van der Waals surface area contributed by atoms with Gasteiger partial charge >= 0.3 is 0 Å². The summed E-state index contributed by atoms with van der Waals surface area (Å²) in [6.45, 7) is 8.26. The Balaban J connectivity index is 2.54. The molecule has 0 saturated carbocycles. The first kappa shape index (κ1) is 11.9.